The van der Waals surface area contributed by atoms with Gasteiger partial charge in [-0.2, -0.15) is 0 Å². The van der Waals surface area contributed by atoms with E-state index in [1.54, 1.807) is 12.0 Å². The van der Waals surface area contributed by atoms with E-state index in [1.165, 1.54) is 6.33 Å². The van der Waals surface area contributed by atoms with Gasteiger partial charge < -0.3 is 28.8 Å². The molecule has 0 atom stereocenters. The first kappa shape index (κ1) is 26.6. The first-order valence-corrected chi connectivity index (χ1v) is 13.1. The van der Waals surface area contributed by atoms with Crippen LogP contribution in [0.3, 0.4) is 0 Å². The van der Waals surface area contributed by atoms with Crippen molar-refractivity contribution in [3.8, 4) is 23.1 Å². The summed E-state index contributed by atoms with van der Waals surface area (Å²) in [4.78, 5) is 28.4. The number of hydrogen-bond acceptors (Lipinski definition) is 8. The molecule has 1 fully saturated rings. The number of hydrogen-bond donors (Lipinski definition) is 1. The zero-order chi connectivity index (χ0) is 27.6. The first-order chi connectivity index (χ1) is 18.7. The molecule has 5 rings (SSSR count). The summed E-state index contributed by atoms with van der Waals surface area (Å²) < 4.78 is 23.4. The largest absolute Gasteiger partial charge is 0.493 e. The molecule has 39 heavy (non-hydrogen) atoms. The van der Waals surface area contributed by atoms with Gasteiger partial charge in [-0.1, -0.05) is 0 Å². The van der Waals surface area contributed by atoms with E-state index in [2.05, 4.69) is 25.9 Å². The van der Waals surface area contributed by atoms with Gasteiger partial charge in [0.05, 0.1) is 18.0 Å². The Balaban J connectivity index is 1.22. The molecule has 1 aliphatic rings. The summed E-state index contributed by atoms with van der Waals surface area (Å²) in [6.07, 6.45) is 1.22. The number of amides is 1. The molecule has 1 aliphatic heterocycles. The highest BCUT2D eigenvalue weighted by atomic mass is 16.6. The van der Waals surface area contributed by atoms with Gasteiger partial charge >= 0.3 is 6.09 Å². The number of benzene rings is 2. The fraction of sp³-hybridized carbons (Fsp3) is 0.414. The van der Waals surface area contributed by atoms with Gasteiger partial charge in [0.15, 0.2) is 11.5 Å². The van der Waals surface area contributed by atoms with Crippen LogP contribution in [0.4, 0.5) is 4.79 Å². The number of aromatic amines is 1. The number of fused-ring (bicyclic) bond motifs is 2. The Hall–Kier alpha value is -4.05. The van der Waals surface area contributed by atoms with Gasteiger partial charge in [0, 0.05) is 55.4 Å². The van der Waals surface area contributed by atoms with Crippen LogP contribution in [0.5, 0.6) is 23.1 Å². The summed E-state index contributed by atoms with van der Waals surface area (Å²) in [5.74, 6) is 2.31. The summed E-state index contributed by atoms with van der Waals surface area (Å²) in [6.45, 7) is 11.6. The van der Waals surface area contributed by atoms with Crippen LogP contribution in [0.25, 0.3) is 21.8 Å². The monoisotopic (exact) mass is 533 g/mol. The lowest BCUT2D eigenvalue weighted by molar-refractivity contribution is 0.0136. The number of carbonyl (C=O) groups is 1. The smallest absolute Gasteiger partial charge is 0.410 e. The van der Waals surface area contributed by atoms with Crippen LogP contribution in [0, 0.1) is 6.92 Å². The van der Waals surface area contributed by atoms with Gasteiger partial charge in [0.25, 0.3) is 0 Å². The fourth-order valence-electron chi connectivity index (χ4n) is 4.59. The van der Waals surface area contributed by atoms with Gasteiger partial charge in [0.1, 0.15) is 24.3 Å². The predicted octanol–water partition coefficient (Wildman–Crippen LogP) is 5.15. The molecule has 0 saturated carbocycles. The zero-order valence-electron chi connectivity index (χ0n) is 23.1. The average molecular weight is 534 g/mol. The third-order valence-electron chi connectivity index (χ3n) is 6.51. The molecule has 10 nitrogen and oxygen atoms in total. The Kier molecular flexibility index (Phi) is 7.47. The third kappa shape index (κ3) is 6.34. The number of aromatic nitrogens is 3. The minimum atomic E-state index is -0.491. The minimum Gasteiger partial charge on any atom is -0.493 e. The van der Waals surface area contributed by atoms with Crippen LogP contribution in [0.2, 0.25) is 0 Å². The Morgan fingerprint density at radius 1 is 1.03 bits per heavy atom. The molecule has 10 heteroatoms. The Morgan fingerprint density at radius 2 is 1.82 bits per heavy atom. The number of nitrogens with one attached hydrogen (secondary N) is 1. The molecule has 3 heterocycles. The van der Waals surface area contributed by atoms with Gasteiger partial charge in [-0.05, 0) is 58.0 Å². The topological polar surface area (TPSA) is 102 Å². The van der Waals surface area contributed by atoms with E-state index in [1.807, 2.05) is 58.0 Å². The maximum absolute atomic E-state index is 12.3. The summed E-state index contributed by atoms with van der Waals surface area (Å²) in [7, 11) is 1.61. The van der Waals surface area contributed by atoms with E-state index in [-0.39, 0.29) is 6.09 Å². The van der Waals surface area contributed by atoms with Crippen molar-refractivity contribution in [3.63, 3.8) is 0 Å². The van der Waals surface area contributed by atoms with Crippen molar-refractivity contribution in [2.24, 2.45) is 0 Å². The molecular weight excluding hydrogens is 498 g/mol. The SMILES string of the molecule is COc1cc2c(Oc3ccc4[nH]c(C)cc4c3)ncnc2cc1OCCN1CCN(C(=O)OC(C)(C)C)CC1. The average Bonchev–Trinajstić information content (AvgIpc) is 3.27. The number of ether oxygens (including phenoxy) is 4. The van der Waals surface area contributed by atoms with Crippen molar-refractivity contribution in [2.75, 3.05) is 46.4 Å². The van der Waals surface area contributed by atoms with Crippen LogP contribution in [-0.2, 0) is 4.74 Å². The molecule has 206 valence electrons. The van der Waals surface area contributed by atoms with Crippen molar-refractivity contribution < 1.29 is 23.7 Å². The first-order valence-electron chi connectivity index (χ1n) is 13.1. The molecule has 1 saturated heterocycles. The molecule has 0 bridgehead atoms. The maximum atomic E-state index is 12.3. The van der Waals surface area contributed by atoms with Gasteiger partial charge in [-0.15, -0.1) is 0 Å². The van der Waals surface area contributed by atoms with Crippen LogP contribution < -0.4 is 14.2 Å². The number of methoxy groups -OCH3 is 1. The maximum Gasteiger partial charge on any atom is 0.410 e. The standard InChI is InChI=1S/C29H35N5O5/c1-19-14-20-15-21(6-7-23(20)32-19)38-27-22-16-25(36-5)26(17-24(22)30-18-31-27)37-13-12-33-8-10-34(11-9-33)28(35)39-29(2,3)4/h6-7,14-18,32H,8-13H2,1-5H3. The Bertz CT molecular complexity index is 1470. The third-order valence-corrected chi connectivity index (χ3v) is 6.51. The zero-order valence-corrected chi connectivity index (χ0v) is 23.1. The molecule has 0 spiro atoms. The Labute approximate surface area is 227 Å². The second kappa shape index (κ2) is 11.0. The van der Waals surface area contributed by atoms with Crippen LogP contribution in [0.1, 0.15) is 26.5 Å². The minimum absolute atomic E-state index is 0.259. The highest BCUT2D eigenvalue weighted by Gasteiger charge is 2.25. The van der Waals surface area contributed by atoms with E-state index in [4.69, 9.17) is 18.9 Å². The highest BCUT2D eigenvalue weighted by Crippen LogP contribution is 2.36. The van der Waals surface area contributed by atoms with E-state index < -0.39 is 5.60 Å². The van der Waals surface area contributed by atoms with Crippen LogP contribution in [0.15, 0.2) is 42.7 Å². The molecule has 4 aromatic rings. The predicted molar refractivity (Wildman–Crippen MR) is 149 cm³/mol. The number of rotatable bonds is 7. The molecule has 1 amide bonds. The molecule has 2 aromatic carbocycles. The van der Waals surface area contributed by atoms with Crippen molar-refractivity contribution in [1.82, 2.24) is 24.8 Å². The van der Waals surface area contributed by atoms with Crippen LogP contribution >= 0.6 is 0 Å². The number of piperazine rings is 1. The molecule has 0 unspecified atom stereocenters. The number of H-pyrrole nitrogens is 1. The lowest BCUT2D eigenvalue weighted by Crippen LogP contribution is -2.50. The van der Waals surface area contributed by atoms with Crippen LogP contribution in [-0.4, -0.2) is 82.9 Å². The molecule has 0 aliphatic carbocycles. The molecule has 2 aromatic heterocycles. The number of nitrogens with zero attached hydrogens (tertiary/aromatic N) is 4. The second-order valence-corrected chi connectivity index (χ2v) is 10.7. The summed E-state index contributed by atoms with van der Waals surface area (Å²) in [5, 5.41) is 1.80. The lowest BCUT2D eigenvalue weighted by atomic mass is 10.2. The van der Waals surface area contributed by atoms with E-state index >= 15 is 0 Å². The lowest BCUT2D eigenvalue weighted by Gasteiger charge is -2.35. The molecule has 1 N–H and O–H groups in total. The Morgan fingerprint density at radius 3 is 2.56 bits per heavy atom. The summed E-state index contributed by atoms with van der Waals surface area (Å²) in [5.41, 5.74) is 2.35. The highest BCUT2D eigenvalue weighted by molar-refractivity contribution is 5.87. The quantitative estimate of drug-likeness (QED) is 0.348. The summed E-state index contributed by atoms with van der Waals surface area (Å²) >= 11 is 0. The van der Waals surface area contributed by atoms with Gasteiger partial charge in [0.2, 0.25) is 5.88 Å². The molecular formula is C29H35N5O5. The van der Waals surface area contributed by atoms with Gasteiger partial charge in [-0.25, -0.2) is 14.8 Å². The summed E-state index contributed by atoms with van der Waals surface area (Å²) in [6, 6.07) is 11.7. The van der Waals surface area contributed by atoms with E-state index in [0.717, 1.165) is 41.6 Å². The number of aryl methyl sites for hydroxylation is 1. The van der Waals surface area contributed by atoms with Crippen molar-refractivity contribution in [1.29, 1.82) is 0 Å². The molecule has 0 radical (unpaired) electrons. The van der Waals surface area contributed by atoms with Crippen molar-refractivity contribution >= 4 is 27.9 Å². The van der Waals surface area contributed by atoms with E-state index in [9.17, 15) is 4.79 Å². The fourth-order valence-corrected chi connectivity index (χ4v) is 4.59. The van der Waals surface area contributed by atoms with Crippen molar-refractivity contribution in [2.45, 2.75) is 33.3 Å². The van der Waals surface area contributed by atoms with Gasteiger partial charge in [-0.3, -0.25) is 4.90 Å². The normalized spacial score (nSPS) is 14.5. The van der Waals surface area contributed by atoms with Crippen molar-refractivity contribution in [3.05, 3.63) is 48.4 Å². The van der Waals surface area contributed by atoms with E-state index in [0.29, 0.717) is 48.3 Å². The number of carbonyl (C=O) groups excluding carboxylic acids is 1. The second-order valence-electron chi connectivity index (χ2n) is 10.7.